The summed E-state index contributed by atoms with van der Waals surface area (Å²) in [4.78, 5) is 11.5. The predicted molar refractivity (Wildman–Crippen MR) is 65.9 cm³/mol. The third-order valence-corrected chi connectivity index (χ3v) is 2.82. The van der Waals surface area contributed by atoms with Crippen LogP contribution in [-0.2, 0) is 17.7 Å². The Morgan fingerprint density at radius 3 is 2.88 bits per heavy atom. The van der Waals surface area contributed by atoms with E-state index in [-0.39, 0.29) is 5.97 Å². The van der Waals surface area contributed by atoms with E-state index in [9.17, 15) is 4.79 Å². The molecule has 0 atom stereocenters. The molecule has 0 saturated heterocycles. The first kappa shape index (κ1) is 13.1. The number of esters is 1. The molecule has 4 nitrogen and oxygen atoms in total. The van der Waals surface area contributed by atoms with E-state index >= 15 is 0 Å². The molecule has 16 heavy (non-hydrogen) atoms. The summed E-state index contributed by atoms with van der Waals surface area (Å²) < 4.78 is 6.79. The summed E-state index contributed by atoms with van der Waals surface area (Å²) in [7, 11) is 0. The van der Waals surface area contributed by atoms with Gasteiger partial charge in [-0.1, -0.05) is 0 Å². The van der Waals surface area contributed by atoms with Crippen LogP contribution in [0.1, 0.15) is 30.0 Å². The maximum absolute atomic E-state index is 11.5. The molecule has 0 aliphatic heterocycles. The molecule has 0 bridgehead atoms. The highest BCUT2D eigenvalue weighted by Crippen LogP contribution is 2.09. The summed E-state index contributed by atoms with van der Waals surface area (Å²) >= 11 is 1.79. The molecule has 1 rings (SSSR count). The zero-order valence-corrected chi connectivity index (χ0v) is 10.8. The normalized spacial score (nSPS) is 10.4. The standard InChI is InChI=1S/C11H18N2O2S/c1-4-13-9(6-7-16-3)8-10(12-13)11(14)15-5-2/h8H,4-7H2,1-3H3. The number of aromatic nitrogens is 2. The average molecular weight is 242 g/mol. The second kappa shape index (κ2) is 6.58. The van der Waals surface area contributed by atoms with Crippen LogP contribution in [0.4, 0.5) is 0 Å². The van der Waals surface area contributed by atoms with E-state index in [0.29, 0.717) is 12.3 Å². The maximum atomic E-state index is 11.5. The van der Waals surface area contributed by atoms with E-state index < -0.39 is 0 Å². The molecule has 0 N–H and O–H groups in total. The van der Waals surface area contributed by atoms with Crippen molar-refractivity contribution in [3.63, 3.8) is 0 Å². The number of carbonyl (C=O) groups is 1. The summed E-state index contributed by atoms with van der Waals surface area (Å²) in [6.07, 6.45) is 3.00. The first-order valence-corrected chi connectivity index (χ1v) is 6.85. The van der Waals surface area contributed by atoms with Crippen LogP contribution in [-0.4, -0.2) is 34.4 Å². The molecule has 1 aromatic rings. The van der Waals surface area contributed by atoms with Gasteiger partial charge in [-0.25, -0.2) is 4.79 Å². The fraction of sp³-hybridized carbons (Fsp3) is 0.636. The van der Waals surface area contributed by atoms with Crippen molar-refractivity contribution in [2.75, 3.05) is 18.6 Å². The molecular formula is C11H18N2O2S. The smallest absolute Gasteiger partial charge is 0.358 e. The zero-order chi connectivity index (χ0) is 12.0. The molecule has 0 unspecified atom stereocenters. The van der Waals surface area contributed by atoms with Crippen molar-refractivity contribution >= 4 is 17.7 Å². The van der Waals surface area contributed by atoms with Crippen molar-refractivity contribution < 1.29 is 9.53 Å². The molecule has 0 amide bonds. The Bertz CT molecular complexity index is 350. The first-order chi connectivity index (χ1) is 7.72. The van der Waals surface area contributed by atoms with Gasteiger partial charge in [-0.2, -0.15) is 16.9 Å². The van der Waals surface area contributed by atoms with E-state index in [2.05, 4.69) is 11.4 Å². The Labute approximate surface area is 100 Å². The highest BCUT2D eigenvalue weighted by Gasteiger charge is 2.13. The van der Waals surface area contributed by atoms with Crippen molar-refractivity contribution in [2.24, 2.45) is 0 Å². The lowest BCUT2D eigenvalue weighted by molar-refractivity contribution is 0.0518. The van der Waals surface area contributed by atoms with Gasteiger partial charge >= 0.3 is 5.97 Å². The molecule has 1 aromatic heterocycles. The molecule has 1 heterocycles. The van der Waals surface area contributed by atoms with Crippen molar-refractivity contribution in [3.8, 4) is 0 Å². The molecule has 0 saturated carbocycles. The predicted octanol–water partition coefficient (Wildman–Crippen LogP) is 1.99. The number of hydrogen-bond acceptors (Lipinski definition) is 4. The van der Waals surface area contributed by atoms with Gasteiger partial charge in [0.2, 0.25) is 0 Å². The van der Waals surface area contributed by atoms with Crippen molar-refractivity contribution in [1.82, 2.24) is 9.78 Å². The number of hydrogen-bond donors (Lipinski definition) is 0. The van der Waals surface area contributed by atoms with Crippen LogP contribution < -0.4 is 0 Å². The molecule has 0 aromatic carbocycles. The number of carbonyl (C=O) groups excluding carboxylic acids is 1. The minimum Gasteiger partial charge on any atom is -0.461 e. The second-order valence-electron chi connectivity index (χ2n) is 3.30. The minimum atomic E-state index is -0.333. The van der Waals surface area contributed by atoms with Gasteiger partial charge in [-0.3, -0.25) is 4.68 Å². The Kier molecular flexibility index (Phi) is 5.38. The SMILES string of the molecule is CCOC(=O)c1cc(CCSC)n(CC)n1. The van der Waals surface area contributed by atoms with Crippen LogP contribution in [0.15, 0.2) is 6.07 Å². The van der Waals surface area contributed by atoms with Crippen LogP contribution in [0.5, 0.6) is 0 Å². The van der Waals surface area contributed by atoms with Crippen LogP contribution >= 0.6 is 11.8 Å². The number of thioether (sulfide) groups is 1. The summed E-state index contributed by atoms with van der Waals surface area (Å²) in [6.45, 7) is 4.98. The van der Waals surface area contributed by atoms with Gasteiger partial charge in [0, 0.05) is 12.2 Å². The van der Waals surface area contributed by atoms with Crippen LogP contribution in [0, 0.1) is 0 Å². The number of rotatable bonds is 6. The zero-order valence-electron chi connectivity index (χ0n) is 10.0. The highest BCUT2D eigenvalue weighted by atomic mass is 32.2. The van der Waals surface area contributed by atoms with Crippen molar-refractivity contribution in [2.45, 2.75) is 26.8 Å². The van der Waals surface area contributed by atoms with Crippen LogP contribution in [0.3, 0.4) is 0 Å². The second-order valence-corrected chi connectivity index (χ2v) is 4.29. The number of nitrogens with zero attached hydrogens (tertiary/aromatic N) is 2. The molecule has 90 valence electrons. The van der Waals surface area contributed by atoms with E-state index in [4.69, 9.17) is 4.74 Å². The average Bonchev–Trinajstić information content (AvgIpc) is 2.70. The summed E-state index contributed by atoms with van der Waals surface area (Å²) in [5, 5.41) is 4.23. The van der Waals surface area contributed by atoms with Gasteiger partial charge in [0.05, 0.1) is 6.61 Å². The van der Waals surface area contributed by atoms with Gasteiger partial charge < -0.3 is 4.74 Å². The number of ether oxygens (including phenoxy) is 1. The minimum absolute atomic E-state index is 0.333. The van der Waals surface area contributed by atoms with Gasteiger partial charge in [0.25, 0.3) is 0 Å². The van der Waals surface area contributed by atoms with Crippen molar-refractivity contribution in [1.29, 1.82) is 0 Å². The fourth-order valence-corrected chi connectivity index (χ4v) is 1.86. The lowest BCUT2D eigenvalue weighted by Gasteiger charge is -2.02. The lowest BCUT2D eigenvalue weighted by Crippen LogP contribution is -2.07. The van der Waals surface area contributed by atoms with Crippen molar-refractivity contribution in [3.05, 3.63) is 17.5 Å². The summed E-state index contributed by atoms with van der Waals surface area (Å²) in [6, 6.07) is 1.83. The lowest BCUT2D eigenvalue weighted by atomic mass is 10.3. The van der Waals surface area contributed by atoms with E-state index in [1.807, 2.05) is 17.7 Å². The van der Waals surface area contributed by atoms with Crippen LogP contribution in [0.25, 0.3) is 0 Å². The molecule has 0 spiro atoms. The van der Waals surface area contributed by atoms with Crippen LogP contribution in [0.2, 0.25) is 0 Å². The summed E-state index contributed by atoms with van der Waals surface area (Å²) in [5.41, 5.74) is 1.51. The molecule has 5 heteroatoms. The van der Waals surface area contributed by atoms with Gasteiger partial charge in [-0.15, -0.1) is 0 Å². The Balaban J connectivity index is 2.80. The first-order valence-electron chi connectivity index (χ1n) is 5.45. The maximum Gasteiger partial charge on any atom is 0.358 e. The molecule has 0 fully saturated rings. The Morgan fingerprint density at radius 2 is 2.31 bits per heavy atom. The van der Waals surface area contributed by atoms with E-state index in [1.165, 1.54) is 0 Å². The van der Waals surface area contributed by atoms with Gasteiger partial charge in [0.1, 0.15) is 0 Å². The molecule has 0 radical (unpaired) electrons. The molecular weight excluding hydrogens is 224 g/mol. The third kappa shape index (κ3) is 3.27. The monoisotopic (exact) mass is 242 g/mol. The quantitative estimate of drug-likeness (QED) is 0.716. The molecule has 0 aliphatic rings. The van der Waals surface area contributed by atoms with Gasteiger partial charge in [-0.05, 0) is 38.3 Å². The molecule has 0 aliphatic carbocycles. The summed E-state index contributed by atoms with van der Waals surface area (Å²) in [5.74, 6) is 0.702. The highest BCUT2D eigenvalue weighted by molar-refractivity contribution is 7.98. The third-order valence-electron chi connectivity index (χ3n) is 2.21. The van der Waals surface area contributed by atoms with E-state index in [1.54, 1.807) is 18.7 Å². The largest absolute Gasteiger partial charge is 0.461 e. The Morgan fingerprint density at radius 1 is 1.56 bits per heavy atom. The Hall–Kier alpha value is -0.970. The topological polar surface area (TPSA) is 44.1 Å². The fourth-order valence-electron chi connectivity index (χ4n) is 1.44. The van der Waals surface area contributed by atoms with Gasteiger partial charge in [0.15, 0.2) is 5.69 Å². The number of aryl methyl sites for hydroxylation is 2. The van der Waals surface area contributed by atoms with E-state index in [0.717, 1.165) is 24.4 Å².